The van der Waals surface area contributed by atoms with E-state index in [0.717, 1.165) is 19.3 Å². The smallest absolute Gasteiger partial charge is 0.259 e. The molecule has 0 aliphatic rings. The summed E-state index contributed by atoms with van der Waals surface area (Å²) in [6, 6.07) is 12.3. The number of unbranched alkanes of at least 4 members (excludes halogenated alkanes) is 2. The number of amides is 1. The van der Waals surface area contributed by atoms with Crippen molar-refractivity contribution in [2.75, 3.05) is 24.8 Å². The van der Waals surface area contributed by atoms with Gasteiger partial charge < -0.3 is 20.5 Å². The summed E-state index contributed by atoms with van der Waals surface area (Å²) in [7, 11) is 1.55. The van der Waals surface area contributed by atoms with Crippen molar-refractivity contribution in [1.82, 2.24) is 0 Å². The molecule has 3 N–H and O–H groups in total. The molecule has 128 valence electrons. The Morgan fingerprint density at radius 2 is 1.92 bits per heavy atom. The Morgan fingerprint density at radius 3 is 2.67 bits per heavy atom. The number of benzene rings is 2. The molecular formula is C19H24N2O3. The molecule has 2 aromatic rings. The van der Waals surface area contributed by atoms with Gasteiger partial charge >= 0.3 is 0 Å². The lowest BCUT2D eigenvalue weighted by Crippen LogP contribution is -2.14. The lowest BCUT2D eigenvalue weighted by molar-refractivity contribution is 0.102. The summed E-state index contributed by atoms with van der Waals surface area (Å²) < 4.78 is 11.0. The van der Waals surface area contributed by atoms with Crippen LogP contribution in [0.3, 0.4) is 0 Å². The third-order valence-electron chi connectivity index (χ3n) is 3.61. The van der Waals surface area contributed by atoms with Crippen molar-refractivity contribution >= 4 is 17.3 Å². The molecule has 0 aromatic heterocycles. The number of hydrogen-bond donors (Lipinski definition) is 2. The highest BCUT2D eigenvalue weighted by Gasteiger charge is 2.14. The quantitative estimate of drug-likeness (QED) is 0.565. The van der Waals surface area contributed by atoms with E-state index in [1.807, 2.05) is 12.1 Å². The molecule has 0 aliphatic heterocycles. The Labute approximate surface area is 142 Å². The SMILES string of the molecule is CCCCCOc1ccccc1C(=O)Nc1cc(N)ccc1OC. The molecule has 0 radical (unpaired) electrons. The first-order valence-corrected chi connectivity index (χ1v) is 8.12. The third kappa shape index (κ3) is 4.65. The normalized spacial score (nSPS) is 10.2. The Hall–Kier alpha value is -2.69. The monoisotopic (exact) mass is 328 g/mol. The standard InChI is InChI=1S/C19H24N2O3/c1-3-4-7-12-24-17-9-6-5-8-15(17)19(22)21-16-13-14(20)10-11-18(16)23-2/h5-6,8-11,13H,3-4,7,12,20H2,1-2H3,(H,21,22). The van der Waals surface area contributed by atoms with Crippen LogP contribution in [0.15, 0.2) is 42.5 Å². The van der Waals surface area contributed by atoms with Gasteiger partial charge in [-0.2, -0.15) is 0 Å². The Balaban J connectivity index is 2.14. The molecule has 5 nitrogen and oxygen atoms in total. The van der Waals surface area contributed by atoms with Crippen LogP contribution in [0.1, 0.15) is 36.5 Å². The number of carbonyl (C=O) groups excluding carboxylic acids is 1. The number of ether oxygens (including phenoxy) is 2. The lowest BCUT2D eigenvalue weighted by Gasteiger charge is -2.13. The number of carbonyl (C=O) groups is 1. The summed E-state index contributed by atoms with van der Waals surface area (Å²) in [4.78, 5) is 12.6. The van der Waals surface area contributed by atoms with Crippen LogP contribution >= 0.6 is 0 Å². The van der Waals surface area contributed by atoms with E-state index >= 15 is 0 Å². The first kappa shape index (κ1) is 17.7. The van der Waals surface area contributed by atoms with Gasteiger partial charge in [-0.25, -0.2) is 0 Å². The van der Waals surface area contributed by atoms with Crippen LogP contribution < -0.4 is 20.5 Å². The van der Waals surface area contributed by atoms with E-state index in [1.54, 1.807) is 37.4 Å². The topological polar surface area (TPSA) is 73.6 Å². The number of nitrogens with one attached hydrogen (secondary N) is 1. The van der Waals surface area contributed by atoms with Gasteiger partial charge in [0.2, 0.25) is 0 Å². The van der Waals surface area contributed by atoms with Gasteiger partial charge in [-0.15, -0.1) is 0 Å². The number of nitrogens with two attached hydrogens (primary N) is 1. The van der Waals surface area contributed by atoms with Gasteiger partial charge in [0.15, 0.2) is 0 Å². The van der Waals surface area contributed by atoms with Crippen LogP contribution in [-0.4, -0.2) is 19.6 Å². The average Bonchev–Trinajstić information content (AvgIpc) is 2.59. The van der Waals surface area contributed by atoms with E-state index in [-0.39, 0.29) is 5.91 Å². The summed E-state index contributed by atoms with van der Waals surface area (Å²) in [5.74, 6) is 0.873. The largest absolute Gasteiger partial charge is 0.495 e. The van der Waals surface area contributed by atoms with Crippen LogP contribution in [0.5, 0.6) is 11.5 Å². The van der Waals surface area contributed by atoms with Crippen LogP contribution in [0, 0.1) is 0 Å². The van der Waals surface area contributed by atoms with Crippen LogP contribution in [-0.2, 0) is 0 Å². The molecular weight excluding hydrogens is 304 g/mol. The zero-order valence-electron chi connectivity index (χ0n) is 14.2. The fourth-order valence-corrected chi connectivity index (χ4v) is 2.33. The van der Waals surface area contributed by atoms with E-state index in [0.29, 0.717) is 35.0 Å². The van der Waals surface area contributed by atoms with Crippen molar-refractivity contribution < 1.29 is 14.3 Å². The lowest BCUT2D eigenvalue weighted by atomic mass is 10.1. The van der Waals surface area contributed by atoms with E-state index in [9.17, 15) is 4.79 Å². The van der Waals surface area contributed by atoms with Gasteiger partial charge in [0.25, 0.3) is 5.91 Å². The fourth-order valence-electron chi connectivity index (χ4n) is 2.33. The molecule has 0 saturated carbocycles. The molecule has 0 unspecified atom stereocenters. The zero-order chi connectivity index (χ0) is 17.4. The number of anilines is 2. The maximum absolute atomic E-state index is 12.6. The first-order valence-electron chi connectivity index (χ1n) is 8.12. The number of hydrogen-bond acceptors (Lipinski definition) is 4. The Bertz CT molecular complexity index is 686. The second kappa shape index (κ2) is 8.82. The molecule has 2 aromatic carbocycles. The molecule has 1 amide bonds. The van der Waals surface area contributed by atoms with E-state index in [4.69, 9.17) is 15.2 Å². The van der Waals surface area contributed by atoms with E-state index in [2.05, 4.69) is 12.2 Å². The van der Waals surface area contributed by atoms with Gasteiger partial charge in [-0.1, -0.05) is 31.9 Å². The average molecular weight is 328 g/mol. The van der Waals surface area contributed by atoms with E-state index in [1.165, 1.54) is 0 Å². The van der Waals surface area contributed by atoms with Crippen molar-refractivity contribution in [3.05, 3.63) is 48.0 Å². The highest BCUT2D eigenvalue weighted by molar-refractivity contribution is 6.07. The summed E-state index contributed by atoms with van der Waals surface area (Å²) in [6.45, 7) is 2.74. The number of nitrogen functional groups attached to an aromatic ring is 1. The number of para-hydroxylation sites is 1. The van der Waals surface area contributed by atoms with Crippen molar-refractivity contribution in [2.24, 2.45) is 0 Å². The Morgan fingerprint density at radius 1 is 1.12 bits per heavy atom. The molecule has 0 fully saturated rings. The van der Waals surface area contributed by atoms with E-state index < -0.39 is 0 Å². The molecule has 0 saturated heterocycles. The van der Waals surface area contributed by atoms with Gasteiger partial charge in [0.1, 0.15) is 11.5 Å². The molecule has 5 heteroatoms. The number of rotatable bonds is 8. The zero-order valence-corrected chi connectivity index (χ0v) is 14.2. The molecule has 24 heavy (non-hydrogen) atoms. The predicted molar refractivity (Wildman–Crippen MR) is 96.8 cm³/mol. The van der Waals surface area contributed by atoms with Gasteiger partial charge in [0.05, 0.1) is 25.0 Å². The van der Waals surface area contributed by atoms with Crippen molar-refractivity contribution in [1.29, 1.82) is 0 Å². The summed E-state index contributed by atoms with van der Waals surface area (Å²) in [5.41, 5.74) is 7.36. The van der Waals surface area contributed by atoms with Crippen molar-refractivity contribution in [3.8, 4) is 11.5 Å². The van der Waals surface area contributed by atoms with Crippen LogP contribution in [0.2, 0.25) is 0 Å². The fraction of sp³-hybridized carbons (Fsp3) is 0.316. The summed E-state index contributed by atoms with van der Waals surface area (Å²) in [6.07, 6.45) is 3.20. The van der Waals surface area contributed by atoms with Crippen molar-refractivity contribution in [3.63, 3.8) is 0 Å². The Kier molecular flexibility index (Phi) is 6.49. The minimum absolute atomic E-state index is 0.259. The minimum atomic E-state index is -0.259. The second-order valence-corrected chi connectivity index (χ2v) is 5.47. The van der Waals surface area contributed by atoms with Crippen LogP contribution in [0.25, 0.3) is 0 Å². The maximum atomic E-state index is 12.6. The first-order chi connectivity index (χ1) is 11.7. The second-order valence-electron chi connectivity index (χ2n) is 5.47. The van der Waals surface area contributed by atoms with Gasteiger partial charge in [-0.3, -0.25) is 4.79 Å². The molecule has 0 aliphatic carbocycles. The number of methoxy groups -OCH3 is 1. The third-order valence-corrected chi connectivity index (χ3v) is 3.61. The molecule has 2 rings (SSSR count). The van der Waals surface area contributed by atoms with Gasteiger partial charge in [-0.05, 0) is 36.8 Å². The van der Waals surface area contributed by atoms with Gasteiger partial charge in [0, 0.05) is 5.69 Å². The molecule has 0 atom stereocenters. The molecule has 0 spiro atoms. The highest BCUT2D eigenvalue weighted by Crippen LogP contribution is 2.28. The summed E-state index contributed by atoms with van der Waals surface area (Å²) in [5, 5.41) is 2.84. The predicted octanol–water partition coefficient (Wildman–Crippen LogP) is 4.10. The highest BCUT2D eigenvalue weighted by atomic mass is 16.5. The summed E-state index contributed by atoms with van der Waals surface area (Å²) >= 11 is 0. The minimum Gasteiger partial charge on any atom is -0.495 e. The maximum Gasteiger partial charge on any atom is 0.259 e. The van der Waals surface area contributed by atoms with Crippen molar-refractivity contribution in [2.45, 2.75) is 26.2 Å². The molecule has 0 heterocycles. The van der Waals surface area contributed by atoms with Crippen LogP contribution in [0.4, 0.5) is 11.4 Å². The molecule has 0 bridgehead atoms.